The average molecular weight is 452 g/mol. The molecule has 10 heteroatoms. The highest BCUT2D eigenvalue weighted by atomic mass is 35.5. The summed E-state index contributed by atoms with van der Waals surface area (Å²) >= 11 is 13.4. The van der Waals surface area contributed by atoms with Gasteiger partial charge in [0.25, 0.3) is 0 Å². The van der Waals surface area contributed by atoms with Gasteiger partial charge in [0, 0.05) is 30.1 Å². The molecular formula is C19H19Cl2N5O2S. The molecule has 29 heavy (non-hydrogen) atoms. The second-order valence-electron chi connectivity index (χ2n) is 6.06. The van der Waals surface area contributed by atoms with Crippen LogP contribution in [0.25, 0.3) is 11.4 Å². The molecule has 2 heterocycles. The van der Waals surface area contributed by atoms with Crippen LogP contribution >= 0.6 is 35.0 Å². The molecule has 3 rings (SSSR count). The number of carbonyl (C=O) groups is 1. The summed E-state index contributed by atoms with van der Waals surface area (Å²) in [5.74, 6) is 0.492. The van der Waals surface area contributed by atoms with Gasteiger partial charge in [0.1, 0.15) is 0 Å². The number of nitrogens with one attached hydrogen (secondary N) is 1. The van der Waals surface area contributed by atoms with Crippen LogP contribution in [0.15, 0.2) is 47.9 Å². The molecule has 0 bridgehead atoms. The van der Waals surface area contributed by atoms with E-state index in [-0.39, 0.29) is 5.91 Å². The molecule has 0 radical (unpaired) electrons. The van der Waals surface area contributed by atoms with Crippen molar-refractivity contribution in [2.24, 2.45) is 0 Å². The Morgan fingerprint density at radius 1 is 1.24 bits per heavy atom. The van der Waals surface area contributed by atoms with Crippen molar-refractivity contribution < 1.29 is 9.53 Å². The van der Waals surface area contributed by atoms with Crippen LogP contribution in [-0.4, -0.2) is 44.6 Å². The van der Waals surface area contributed by atoms with Gasteiger partial charge in [0.2, 0.25) is 5.91 Å². The number of rotatable bonds is 8. The van der Waals surface area contributed by atoms with Crippen molar-refractivity contribution in [3.8, 4) is 11.4 Å². The fourth-order valence-electron chi connectivity index (χ4n) is 2.51. The quantitative estimate of drug-likeness (QED) is 0.510. The van der Waals surface area contributed by atoms with E-state index in [0.29, 0.717) is 39.9 Å². The molecule has 0 saturated carbocycles. The number of ether oxygens (including phenoxy) is 1. The van der Waals surface area contributed by atoms with E-state index in [2.05, 4.69) is 20.5 Å². The van der Waals surface area contributed by atoms with Crippen LogP contribution in [0.4, 0.5) is 5.69 Å². The summed E-state index contributed by atoms with van der Waals surface area (Å²) in [4.78, 5) is 16.7. The Morgan fingerprint density at radius 3 is 2.69 bits per heavy atom. The fraction of sp³-hybridized carbons (Fsp3) is 0.263. The van der Waals surface area contributed by atoms with E-state index in [1.54, 1.807) is 44.6 Å². The predicted molar refractivity (Wildman–Crippen MR) is 116 cm³/mol. The number of methoxy groups -OCH3 is 1. The SMILES string of the molecule is COCCn1c(SC(C)C(=O)Nc2ccc(Cl)cc2Cl)nnc1-c1ccncc1. The Labute approximate surface area is 182 Å². The van der Waals surface area contributed by atoms with Gasteiger partial charge in [0.15, 0.2) is 11.0 Å². The Morgan fingerprint density at radius 2 is 2.00 bits per heavy atom. The molecular weight excluding hydrogens is 433 g/mol. The summed E-state index contributed by atoms with van der Waals surface area (Å²) in [6.45, 7) is 2.84. The fourth-order valence-corrected chi connectivity index (χ4v) is 3.84. The molecule has 0 saturated heterocycles. The normalized spacial score (nSPS) is 12.0. The first-order chi connectivity index (χ1) is 14.0. The summed E-state index contributed by atoms with van der Waals surface area (Å²) in [7, 11) is 1.63. The lowest BCUT2D eigenvalue weighted by atomic mass is 10.2. The second kappa shape index (κ2) is 10.1. The van der Waals surface area contributed by atoms with Crippen molar-refractivity contribution >= 4 is 46.6 Å². The zero-order chi connectivity index (χ0) is 20.8. The van der Waals surface area contributed by atoms with Crippen LogP contribution in [0, 0.1) is 0 Å². The monoisotopic (exact) mass is 451 g/mol. The third-order valence-electron chi connectivity index (χ3n) is 4.01. The number of amides is 1. The molecule has 1 N–H and O–H groups in total. The van der Waals surface area contributed by atoms with E-state index in [1.165, 1.54) is 11.8 Å². The second-order valence-corrected chi connectivity index (χ2v) is 8.21. The number of carbonyl (C=O) groups excluding carboxylic acids is 1. The van der Waals surface area contributed by atoms with Crippen LogP contribution in [0.2, 0.25) is 10.0 Å². The number of anilines is 1. The highest BCUT2D eigenvalue weighted by Gasteiger charge is 2.21. The summed E-state index contributed by atoms with van der Waals surface area (Å²) < 4.78 is 7.15. The molecule has 1 amide bonds. The van der Waals surface area contributed by atoms with Crippen molar-refractivity contribution in [2.75, 3.05) is 19.0 Å². The van der Waals surface area contributed by atoms with Gasteiger partial charge >= 0.3 is 0 Å². The van der Waals surface area contributed by atoms with E-state index < -0.39 is 5.25 Å². The van der Waals surface area contributed by atoms with E-state index in [9.17, 15) is 4.79 Å². The van der Waals surface area contributed by atoms with E-state index >= 15 is 0 Å². The molecule has 0 spiro atoms. The zero-order valence-electron chi connectivity index (χ0n) is 15.8. The molecule has 0 aliphatic carbocycles. The molecule has 1 unspecified atom stereocenters. The number of halogens is 2. The van der Waals surface area contributed by atoms with Crippen molar-refractivity contribution in [3.05, 3.63) is 52.8 Å². The smallest absolute Gasteiger partial charge is 0.237 e. The molecule has 0 aliphatic rings. The van der Waals surface area contributed by atoms with Gasteiger partial charge in [-0.15, -0.1) is 10.2 Å². The molecule has 3 aromatic rings. The van der Waals surface area contributed by atoms with Gasteiger partial charge in [-0.2, -0.15) is 0 Å². The predicted octanol–water partition coefficient (Wildman–Crippen LogP) is 4.41. The zero-order valence-corrected chi connectivity index (χ0v) is 18.1. The molecule has 1 aromatic carbocycles. The van der Waals surface area contributed by atoms with Gasteiger partial charge in [0.05, 0.1) is 29.1 Å². The van der Waals surface area contributed by atoms with Crippen LogP contribution in [0.3, 0.4) is 0 Å². The first-order valence-electron chi connectivity index (χ1n) is 8.74. The van der Waals surface area contributed by atoms with Gasteiger partial charge in [-0.25, -0.2) is 0 Å². The largest absolute Gasteiger partial charge is 0.383 e. The first kappa shape index (κ1) is 21.6. The topological polar surface area (TPSA) is 81.9 Å². The Hall–Kier alpha value is -2.13. The highest BCUT2D eigenvalue weighted by Crippen LogP contribution is 2.29. The Bertz CT molecular complexity index is 984. The molecule has 0 fully saturated rings. The number of pyridine rings is 1. The molecule has 2 aromatic heterocycles. The van der Waals surface area contributed by atoms with E-state index in [0.717, 1.165) is 5.56 Å². The lowest BCUT2D eigenvalue weighted by molar-refractivity contribution is -0.115. The van der Waals surface area contributed by atoms with Crippen molar-refractivity contribution in [1.82, 2.24) is 19.7 Å². The third-order valence-corrected chi connectivity index (χ3v) is 5.64. The lowest BCUT2D eigenvalue weighted by Gasteiger charge is -2.14. The number of benzene rings is 1. The number of thioether (sulfide) groups is 1. The van der Waals surface area contributed by atoms with Gasteiger partial charge in [-0.1, -0.05) is 35.0 Å². The summed E-state index contributed by atoms with van der Waals surface area (Å²) in [6, 6.07) is 8.64. The minimum Gasteiger partial charge on any atom is -0.383 e. The highest BCUT2D eigenvalue weighted by molar-refractivity contribution is 8.00. The Balaban J connectivity index is 1.77. The molecule has 152 valence electrons. The van der Waals surface area contributed by atoms with Gasteiger partial charge in [-0.3, -0.25) is 14.3 Å². The van der Waals surface area contributed by atoms with E-state index in [1.807, 2.05) is 16.7 Å². The molecule has 0 aliphatic heterocycles. The maximum atomic E-state index is 12.6. The van der Waals surface area contributed by atoms with Crippen LogP contribution in [0.1, 0.15) is 6.92 Å². The summed E-state index contributed by atoms with van der Waals surface area (Å²) in [5, 5.41) is 12.5. The lowest BCUT2D eigenvalue weighted by Crippen LogP contribution is -2.23. The standard InChI is InChI=1S/C19H19Cl2N5O2S/c1-12(18(27)23-16-4-3-14(20)11-15(16)21)29-19-25-24-17(26(19)9-10-28-2)13-5-7-22-8-6-13/h3-8,11-12H,9-10H2,1-2H3,(H,23,27). The third kappa shape index (κ3) is 5.48. The minimum absolute atomic E-state index is 0.203. The number of hydrogen-bond acceptors (Lipinski definition) is 6. The van der Waals surface area contributed by atoms with Gasteiger partial charge in [-0.05, 0) is 37.3 Å². The van der Waals surface area contributed by atoms with Crippen molar-refractivity contribution in [3.63, 3.8) is 0 Å². The number of hydrogen-bond donors (Lipinski definition) is 1. The van der Waals surface area contributed by atoms with Gasteiger partial charge < -0.3 is 10.1 Å². The molecule has 1 atom stereocenters. The summed E-state index contributed by atoms with van der Waals surface area (Å²) in [6.07, 6.45) is 3.40. The van der Waals surface area contributed by atoms with Crippen LogP contribution in [-0.2, 0) is 16.1 Å². The minimum atomic E-state index is -0.433. The first-order valence-corrected chi connectivity index (χ1v) is 10.4. The van der Waals surface area contributed by atoms with E-state index in [4.69, 9.17) is 27.9 Å². The van der Waals surface area contributed by atoms with Crippen molar-refractivity contribution in [2.45, 2.75) is 23.9 Å². The Kier molecular flexibility index (Phi) is 7.49. The van der Waals surface area contributed by atoms with Crippen LogP contribution in [0.5, 0.6) is 0 Å². The average Bonchev–Trinajstić information content (AvgIpc) is 3.11. The van der Waals surface area contributed by atoms with Crippen LogP contribution < -0.4 is 5.32 Å². The van der Waals surface area contributed by atoms with Crippen molar-refractivity contribution in [1.29, 1.82) is 0 Å². The molecule has 7 nitrogen and oxygen atoms in total. The number of aromatic nitrogens is 4. The maximum absolute atomic E-state index is 12.6. The maximum Gasteiger partial charge on any atom is 0.237 e. The number of nitrogens with zero attached hydrogens (tertiary/aromatic N) is 4. The summed E-state index contributed by atoms with van der Waals surface area (Å²) in [5.41, 5.74) is 1.40.